The van der Waals surface area contributed by atoms with Gasteiger partial charge < -0.3 is 16.8 Å². The highest BCUT2D eigenvalue weighted by atomic mass is 16.1. The van der Waals surface area contributed by atoms with Crippen molar-refractivity contribution in [3.05, 3.63) is 53.7 Å². The monoisotopic (exact) mass is 284 g/mol. The van der Waals surface area contributed by atoms with Gasteiger partial charge in [-0.1, -0.05) is 30.3 Å². The molecule has 0 saturated carbocycles. The van der Waals surface area contributed by atoms with E-state index < -0.39 is 5.91 Å². The van der Waals surface area contributed by atoms with Crippen molar-refractivity contribution in [3.63, 3.8) is 0 Å². The Morgan fingerprint density at radius 1 is 1.33 bits per heavy atom. The average Bonchev–Trinajstić information content (AvgIpc) is 2.48. The molecule has 2 aromatic rings. The number of aromatic nitrogens is 1. The molecule has 1 heterocycles. The molecule has 0 radical (unpaired) electrons. The second-order valence-electron chi connectivity index (χ2n) is 5.10. The number of nitrogens with two attached hydrogens (primary N) is 2. The van der Waals surface area contributed by atoms with Gasteiger partial charge in [-0.2, -0.15) is 0 Å². The molecule has 0 fully saturated rings. The molecule has 0 aliphatic carbocycles. The fraction of sp³-hybridized carbons (Fsp3) is 0.250. The van der Waals surface area contributed by atoms with Gasteiger partial charge in [-0.25, -0.2) is 4.98 Å². The van der Waals surface area contributed by atoms with Gasteiger partial charge in [0, 0.05) is 6.04 Å². The summed E-state index contributed by atoms with van der Waals surface area (Å²) in [5.74, 6) is -0.0511. The first-order valence-electron chi connectivity index (χ1n) is 6.92. The van der Waals surface area contributed by atoms with Gasteiger partial charge in [0.2, 0.25) is 0 Å². The average molecular weight is 284 g/mol. The van der Waals surface area contributed by atoms with Crippen LogP contribution in [0.2, 0.25) is 0 Å². The van der Waals surface area contributed by atoms with E-state index in [1.807, 2.05) is 25.1 Å². The summed E-state index contributed by atoms with van der Waals surface area (Å²) >= 11 is 0. The number of pyridine rings is 1. The molecule has 5 nitrogen and oxygen atoms in total. The molecular weight excluding hydrogens is 264 g/mol. The number of hydrogen-bond acceptors (Lipinski definition) is 4. The summed E-state index contributed by atoms with van der Waals surface area (Å²) in [5, 5.41) is 3.22. The van der Waals surface area contributed by atoms with Crippen molar-refractivity contribution in [2.24, 2.45) is 5.73 Å². The number of amides is 1. The molecular formula is C16H20N4O. The number of hydrogen-bond donors (Lipinski definition) is 3. The number of primary amides is 1. The Morgan fingerprint density at radius 3 is 2.71 bits per heavy atom. The van der Waals surface area contributed by atoms with Crippen molar-refractivity contribution >= 4 is 17.4 Å². The lowest BCUT2D eigenvalue weighted by atomic mass is 10.1. The van der Waals surface area contributed by atoms with Crippen LogP contribution in [0, 0.1) is 0 Å². The van der Waals surface area contributed by atoms with Crippen molar-refractivity contribution in [1.82, 2.24) is 4.98 Å². The first kappa shape index (κ1) is 14.8. The number of rotatable bonds is 6. The van der Waals surface area contributed by atoms with Crippen molar-refractivity contribution in [1.29, 1.82) is 0 Å². The predicted octanol–water partition coefficient (Wildman–Crippen LogP) is 2.20. The zero-order valence-corrected chi connectivity index (χ0v) is 12.0. The second-order valence-corrected chi connectivity index (χ2v) is 5.10. The standard InChI is InChI=1S/C16H20N4O/c1-11(7-8-12-5-3-2-4-6-12)20-16-14(15(18)21)9-13(17)10-19-16/h2-6,9-11H,7-8,17H2,1H3,(H2,18,21)(H,19,20). The minimum atomic E-state index is -0.535. The Bertz CT molecular complexity index is 613. The number of aryl methyl sites for hydroxylation is 1. The van der Waals surface area contributed by atoms with Crippen molar-refractivity contribution in [2.45, 2.75) is 25.8 Å². The number of nitrogen functional groups attached to an aromatic ring is 1. The summed E-state index contributed by atoms with van der Waals surface area (Å²) in [6.07, 6.45) is 3.39. The smallest absolute Gasteiger partial charge is 0.252 e. The number of nitrogens with one attached hydrogen (secondary N) is 1. The van der Waals surface area contributed by atoms with Crippen LogP contribution >= 0.6 is 0 Å². The van der Waals surface area contributed by atoms with E-state index in [1.54, 1.807) is 6.07 Å². The van der Waals surface area contributed by atoms with Crippen LogP contribution in [0.5, 0.6) is 0 Å². The topological polar surface area (TPSA) is 94.0 Å². The zero-order chi connectivity index (χ0) is 15.2. The summed E-state index contributed by atoms with van der Waals surface area (Å²) in [5.41, 5.74) is 13.0. The molecule has 1 aromatic carbocycles. The van der Waals surface area contributed by atoms with Gasteiger partial charge in [0.05, 0.1) is 17.4 Å². The summed E-state index contributed by atoms with van der Waals surface area (Å²) in [4.78, 5) is 15.6. The Balaban J connectivity index is 1.99. The Kier molecular flexibility index (Phi) is 4.77. The molecule has 2 rings (SSSR count). The molecule has 1 unspecified atom stereocenters. The molecule has 5 N–H and O–H groups in total. The van der Waals surface area contributed by atoms with Gasteiger partial charge in [-0.05, 0) is 31.4 Å². The van der Waals surface area contributed by atoms with Crippen LogP contribution < -0.4 is 16.8 Å². The normalized spacial score (nSPS) is 11.9. The Morgan fingerprint density at radius 2 is 2.05 bits per heavy atom. The molecule has 1 atom stereocenters. The molecule has 21 heavy (non-hydrogen) atoms. The lowest BCUT2D eigenvalue weighted by Gasteiger charge is -2.16. The minimum absolute atomic E-state index is 0.166. The van der Waals surface area contributed by atoms with E-state index >= 15 is 0 Å². The third-order valence-corrected chi connectivity index (χ3v) is 3.27. The summed E-state index contributed by atoms with van der Waals surface area (Å²) in [6, 6.07) is 12.0. The molecule has 1 amide bonds. The molecule has 0 aliphatic rings. The van der Waals surface area contributed by atoms with Gasteiger partial charge in [0.15, 0.2) is 0 Å². The Labute approximate surface area is 124 Å². The number of carbonyl (C=O) groups is 1. The van der Waals surface area contributed by atoms with Crippen LogP contribution in [0.1, 0.15) is 29.3 Å². The fourth-order valence-electron chi connectivity index (χ4n) is 2.12. The van der Waals surface area contributed by atoms with Crippen LogP contribution in [0.25, 0.3) is 0 Å². The third kappa shape index (κ3) is 4.21. The maximum Gasteiger partial charge on any atom is 0.252 e. The number of benzene rings is 1. The van der Waals surface area contributed by atoms with E-state index in [0.29, 0.717) is 17.1 Å². The van der Waals surface area contributed by atoms with Crippen LogP contribution in [0.4, 0.5) is 11.5 Å². The van der Waals surface area contributed by atoms with E-state index in [2.05, 4.69) is 22.4 Å². The Hall–Kier alpha value is -2.56. The van der Waals surface area contributed by atoms with Gasteiger partial charge in [0.25, 0.3) is 5.91 Å². The van der Waals surface area contributed by atoms with Crippen LogP contribution in [0.15, 0.2) is 42.6 Å². The molecule has 0 spiro atoms. The van der Waals surface area contributed by atoms with Crippen molar-refractivity contribution in [2.75, 3.05) is 11.1 Å². The minimum Gasteiger partial charge on any atom is -0.397 e. The maximum atomic E-state index is 11.4. The van der Waals surface area contributed by atoms with E-state index in [9.17, 15) is 4.79 Å². The van der Waals surface area contributed by atoms with E-state index in [1.165, 1.54) is 11.8 Å². The van der Waals surface area contributed by atoms with E-state index in [4.69, 9.17) is 11.5 Å². The molecule has 0 saturated heterocycles. The highest BCUT2D eigenvalue weighted by molar-refractivity contribution is 5.98. The van der Waals surface area contributed by atoms with Gasteiger partial charge in [0.1, 0.15) is 5.82 Å². The first-order chi connectivity index (χ1) is 10.1. The predicted molar refractivity (Wildman–Crippen MR) is 85.0 cm³/mol. The largest absolute Gasteiger partial charge is 0.397 e. The summed E-state index contributed by atoms with van der Waals surface area (Å²) in [7, 11) is 0. The van der Waals surface area contributed by atoms with Crippen molar-refractivity contribution in [3.8, 4) is 0 Å². The molecule has 0 bridgehead atoms. The lowest BCUT2D eigenvalue weighted by Crippen LogP contribution is -2.21. The molecule has 1 aromatic heterocycles. The second kappa shape index (κ2) is 6.74. The van der Waals surface area contributed by atoms with Crippen molar-refractivity contribution < 1.29 is 4.79 Å². The quantitative estimate of drug-likeness (QED) is 0.758. The van der Waals surface area contributed by atoms with Gasteiger partial charge in [-0.15, -0.1) is 0 Å². The third-order valence-electron chi connectivity index (χ3n) is 3.27. The molecule has 0 aliphatic heterocycles. The van der Waals surface area contributed by atoms with Crippen LogP contribution in [-0.2, 0) is 6.42 Å². The number of nitrogens with zero attached hydrogens (tertiary/aromatic N) is 1. The highest BCUT2D eigenvalue weighted by Crippen LogP contribution is 2.17. The SMILES string of the molecule is CC(CCc1ccccc1)Nc1ncc(N)cc1C(N)=O. The maximum absolute atomic E-state index is 11.4. The summed E-state index contributed by atoms with van der Waals surface area (Å²) in [6.45, 7) is 2.05. The molecule has 5 heteroatoms. The van der Waals surface area contributed by atoms with E-state index in [-0.39, 0.29) is 6.04 Å². The number of carbonyl (C=O) groups excluding carboxylic acids is 1. The fourth-order valence-corrected chi connectivity index (χ4v) is 2.12. The summed E-state index contributed by atoms with van der Waals surface area (Å²) < 4.78 is 0. The van der Waals surface area contributed by atoms with Crippen LogP contribution in [0.3, 0.4) is 0 Å². The van der Waals surface area contributed by atoms with Gasteiger partial charge in [-0.3, -0.25) is 4.79 Å². The van der Waals surface area contributed by atoms with Crippen LogP contribution in [-0.4, -0.2) is 16.9 Å². The number of anilines is 2. The van der Waals surface area contributed by atoms with Gasteiger partial charge >= 0.3 is 0 Å². The zero-order valence-electron chi connectivity index (χ0n) is 12.0. The lowest BCUT2D eigenvalue weighted by molar-refractivity contribution is 0.100. The van der Waals surface area contributed by atoms with E-state index in [0.717, 1.165) is 12.8 Å². The highest BCUT2D eigenvalue weighted by Gasteiger charge is 2.12. The molecule has 110 valence electrons. The first-order valence-corrected chi connectivity index (χ1v) is 6.92.